The molecule has 0 saturated heterocycles. The van der Waals surface area contributed by atoms with Gasteiger partial charge in [0.25, 0.3) is 5.56 Å². The van der Waals surface area contributed by atoms with Gasteiger partial charge in [-0.2, -0.15) is 0 Å². The van der Waals surface area contributed by atoms with Crippen molar-refractivity contribution in [1.29, 1.82) is 0 Å². The largest absolute Gasteiger partial charge is 0.489 e. The molecule has 1 saturated carbocycles. The highest BCUT2D eigenvalue weighted by Crippen LogP contribution is 2.49. The van der Waals surface area contributed by atoms with Gasteiger partial charge in [-0.05, 0) is 85.9 Å². The van der Waals surface area contributed by atoms with Gasteiger partial charge in [0.1, 0.15) is 5.75 Å². The Bertz CT molecular complexity index is 869. The molecule has 2 aromatic rings. The summed E-state index contributed by atoms with van der Waals surface area (Å²) in [6, 6.07) is 5.49. The molecule has 5 heteroatoms. The molecule has 1 aliphatic rings. The molecule has 0 radical (unpaired) electrons. The van der Waals surface area contributed by atoms with Gasteiger partial charge in [-0.1, -0.05) is 38.8 Å². The zero-order valence-electron chi connectivity index (χ0n) is 18.0. The van der Waals surface area contributed by atoms with Crippen molar-refractivity contribution >= 4 is 22.4 Å². The molecule has 1 aromatic carbocycles. The van der Waals surface area contributed by atoms with Crippen LogP contribution < -0.4 is 16.0 Å². The maximum Gasteiger partial charge on any atom is 0.255 e. The zero-order valence-corrected chi connectivity index (χ0v) is 18.7. The summed E-state index contributed by atoms with van der Waals surface area (Å²) >= 11 is 6.44. The molecule has 1 aliphatic carbocycles. The van der Waals surface area contributed by atoms with Gasteiger partial charge in [0.05, 0.1) is 11.1 Å². The molecule has 0 spiro atoms. The van der Waals surface area contributed by atoms with Crippen molar-refractivity contribution in [3.8, 4) is 5.75 Å². The predicted molar refractivity (Wildman–Crippen MR) is 122 cm³/mol. The molecule has 0 aliphatic heterocycles. The lowest BCUT2D eigenvalue weighted by molar-refractivity contribution is 0.0212. The summed E-state index contributed by atoms with van der Waals surface area (Å²) in [6.45, 7) is 7.73. The Morgan fingerprint density at radius 2 is 2.03 bits per heavy atom. The van der Waals surface area contributed by atoms with Crippen molar-refractivity contribution in [2.75, 3.05) is 6.54 Å². The average Bonchev–Trinajstić information content (AvgIpc) is 2.69. The number of aromatic nitrogens is 1. The number of hydrogen-bond acceptors (Lipinski definition) is 3. The van der Waals surface area contributed by atoms with Gasteiger partial charge < -0.3 is 15.5 Å². The fourth-order valence-electron chi connectivity index (χ4n) is 5.24. The molecule has 1 heterocycles. The van der Waals surface area contributed by atoms with E-state index >= 15 is 0 Å². The lowest BCUT2D eigenvalue weighted by Gasteiger charge is -2.46. The summed E-state index contributed by atoms with van der Waals surface area (Å²) in [7, 11) is 0. The number of benzene rings is 1. The fourth-order valence-corrected chi connectivity index (χ4v) is 5.45. The third-order valence-corrected chi connectivity index (χ3v) is 7.18. The van der Waals surface area contributed by atoms with Gasteiger partial charge in [-0.25, -0.2) is 0 Å². The normalized spacial score (nSPS) is 23.4. The first-order valence-corrected chi connectivity index (χ1v) is 11.4. The number of ether oxygens (including phenoxy) is 1. The first-order valence-electron chi connectivity index (χ1n) is 11.1. The number of pyridine rings is 1. The van der Waals surface area contributed by atoms with Crippen molar-refractivity contribution in [3.63, 3.8) is 0 Å². The van der Waals surface area contributed by atoms with Crippen molar-refractivity contribution in [2.45, 2.75) is 71.8 Å². The van der Waals surface area contributed by atoms with E-state index in [-0.39, 0.29) is 11.7 Å². The van der Waals surface area contributed by atoms with E-state index in [1.165, 1.54) is 25.7 Å². The van der Waals surface area contributed by atoms with Crippen molar-refractivity contribution < 1.29 is 4.74 Å². The van der Waals surface area contributed by atoms with Crippen LogP contribution in [-0.4, -0.2) is 17.6 Å². The summed E-state index contributed by atoms with van der Waals surface area (Å²) < 4.78 is 6.32. The van der Waals surface area contributed by atoms with Gasteiger partial charge in [-0.15, -0.1) is 0 Å². The summed E-state index contributed by atoms with van der Waals surface area (Å²) in [5.74, 6) is 2.07. The minimum absolute atomic E-state index is 0.127. The molecule has 3 rings (SSSR count). The second-order valence-corrected chi connectivity index (χ2v) is 9.52. The molecule has 3 N–H and O–H groups in total. The number of nitrogens with one attached hydrogen (secondary N) is 1. The van der Waals surface area contributed by atoms with Gasteiger partial charge in [0, 0.05) is 11.6 Å². The van der Waals surface area contributed by atoms with Crippen LogP contribution in [0.4, 0.5) is 0 Å². The van der Waals surface area contributed by atoms with E-state index < -0.39 is 0 Å². The molecule has 29 heavy (non-hydrogen) atoms. The van der Waals surface area contributed by atoms with Crippen LogP contribution in [-0.2, 0) is 0 Å². The van der Waals surface area contributed by atoms with E-state index in [1.807, 2.05) is 12.1 Å². The molecule has 1 fully saturated rings. The average molecular weight is 419 g/mol. The molecule has 160 valence electrons. The summed E-state index contributed by atoms with van der Waals surface area (Å²) in [5, 5.41) is 1.95. The van der Waals surface area contributed by atoms with E-state index in [4.69, 9.17) is 22.1 Å². The highest BCUT2D eigenvalue weighted by atomic mass is 35.5. The fraction of sp³-hybridized carbons (Fsp3) is 0.625. The van der Waals surface area contributed by atoms with Crippen LogP contribution in [0.2, 0.25) is 5.02 Å². The second kappa shape index (κ2) is 9.53. The van der Waals surface area contributed by atoms with Gasteiger partial charge in [-0.3, -0.25) is 4.79 Å². The van der Waals surface area contributed by atoms with Crippen LogP contribution in [0.3, 0.4) is 0 Å². The molecule has 1 unspecified atom stereocenters. The number of rotatable bonds is 8. The third kappa shape index (κ3) is 4.97. The van der Waals surface area contributed by atoms with Gasteiger partial charge in [0.2, 0.25) is 0 Å². The van der Waals surface area contributed by atoms with E-state index in [0.717, 1.165) is 31.2 Å². The topological polar surface area (TPSA) is 68.1 Å². The Morgan fingerprint density at radius 3 is 2.66 bits per heavy atom. The lowest BCUT2D eigenvalue weighted by Crippen LogP contribution is -2.39. The molecular weight excluding hydrogens is 384 g/mol. The number of nitrogens with two attached hydrogens (primary N) is 1. The number of fused-ring (bicyclic) bond motifs is 1. The minimum atomic E-state index is -0.127. The van der Waals surface area contributed by atoms with Crippen molar-refractivity contribution in [3.05, 3.63) is 39.8 Å². The third-order valence-electron chi connectivity index (χ3n) is 6.89. The van der Waals surface area contributed by atoms with Gasteiger partial charge >= 0.3 is 0 Å². The highest BCUT2D eigenvalue weighted by molar-refractivity contribution is 6.32. The molecule has 1 aromatic heterocycles. The maximum atomic E-state index is 12.0. The Hall–Kier alpha value is -1.52. The van der Waals surface area contributed by atoms with Gasteiger partial charge in [0.15, 0.2) is 0 Å². The van der Waals surface area contributed by atoms with E-state index in [1.54, 1.807) is 12.3 Å². The van der Waals surface area contributed by atoms with E-state index in [2.05, 4.69) is 25.8 Å². The maximum absolute atomic E-state index is 12.0. The van der Waals surface area contributed by atoms with E-state index in [0.29, 0.717) is 33.4 Å². The second-order valence-electron chi connectivity index (χ2n) is 9.11. The first kappa shape index (κ1) is 22.2. The van der Waals surface area contributed by atoms with Crippen LogP contribution >= 0.6 is 11.6 Å². The molecular formula is C24H35ClN2O2. The molecule has 0 amide bonds. The standard InChI is InChI=1S/C24H35ClN2O2/c1-4-24(18(7-11-26)13-16(2)3)9-5-19(6-10-24)29-22-14-17-8-12-27-23(28)20(17)15-21(22)25/h8,12,14-16,18-19H,4-7,9-11,13,26H2,1-3H3,(H,27,28). The summed E-state index contributed by atoms with van der Waals surface area (Å²) in [4.78, 5) is 14.7. The summed E-state index contributed by atoms with van der Waals surface area (Å²) in [6.07, 6.45) is 9.83. The quantitative estimate of drug-likeness (QED) is 0.559. The van der Waals surface area contributed by atoms with Crippen LogP contribution in [0.15, 0.2) is 29.2 Å². The zero-order chi connectivity index (χ0) is 21.0. The van der Waals surface area contributed by atoms with Crippen molar-refractivity contribution in [2.24, 2.45) is 23.0 Å². The van der Waals surface area contributed by atoms with Crippen molar-refractivity contribution in [1.82, 2.24) is 4.98 Å². The summed E-state index contributed by atoms with van der Waals surface area (Å²) in [5.41, 5.74) is 6.22. The number of halogens is 1. The first-order chi connectivity index (χ1) is 13.9. The van der Waals surface area contributed by atoms with Crippen LogP contribution in [0.1, 0.15) is 65.7 Å². The van der Waals surface area contributed by atoms with Crippen LogP contribution in [0, 0.1) is 17.3 Å². The molecule has 4 nitrogen and oxygen atoms in total. The SMILES string of the molecule is CCC1(C(CCN)CC(C)C)CCC(Oc2cc3cc[nH]c(=O)c3cc2Cl)CC1. The Labute approximate surface area is 179 Å². The van der Waals surface area contributed by atoms with E-state index in [9.17, 15) is 4.79 Å². The Kier molecular flexibility index (Phi) is 7.28. The predicted octanol–water partition coefficient (Wildman–Crippen LogP) is 5.91. The molecule has 1 atom stereocenters. The minimum Gasteiger partial charge on any atom is -0.489 e. The molecule has 0 bridgehead atoms. The lowest BCUT2D eigenvalue weighted by atomic mass is 9.61. The number of hydrogen-bond donors (Lipinski definition) is 2. The van der Waals surface area contributed by atoms with Crippen LogP contribution in [0.5, 0.6) is 5.75 Å². The Morgan fingerprint density at radius 1 is 1.31 bits per heavy atom. The highest BCUT2D eigenvalue weighted by Gasteiger charge is 2.40. The number of H-pyrrole nitrogens is 1. The van der Waals surface area contributed by atoms with Crippen LogP contribution in [0.25, 0.3) is 10.8 Å². The Balaban J connectivity index is 1.72. The smallest absolute Gasteiger partial charge is 0.255 e. The monoisotopic (exact) mass is 418 g/mol. The number of aromatic amines is 1.